The van der Waals surface area contributed by atoms with E-state index in [2.05, 4.69) is 9.88 Å². The van der Waals surface area contributed by atoms with Gasteiger partial charge in [0.15, 0.2) is 0 Å². The number of ether oxygens (including phenoxy) is 1. The van der Waals surface area contributed by atoms with E-state index in [4.69, 9.17) is 9.15 Å². The summed E-state index contributed by atoms with van der Waals surface area (Å²) in [6, 6.07) is 7.53. The molecule has 0 radical (unpaired) electrons. The van der Waals surface area contributed by atoms with Gasteiger partial charge in [0, 0.05) is 39.0 Å². The van der Waals surface area contributed by atoms with Gasteiger partial charge in [-0.05, 0) is 38.1 Å². The molecule has 0 saturated carbocycles. The van der Waals surface area contributed by atoms with Gasteiger partial charge in [-0.1, -0.05) is 0 Å². The van der Waals surface area contributed by atoms with Crippen molar-refractivity contribution in [3.63, 3.8) is 0 Å². The van der Waals surface area contributed by atoms with Crippen LogP contribution in [-0.2, 0) is 11.3 Å². The van der Waals surface area contributed by atoms with Crippen molar-refractivity contribution in [3.8, 4) is 0 Å². The topological polar surface area (TPSA) is 80.8 Å². The van der Waals surface area contributed by atoms with Gasteiger partial charge in [0.25, 0.3) is 11.5 Å². The number of methoxy groups -OCH3 is 1. The molecule has 2 aromatic heterocycles. The molecule has 0 spiro atoms. The lowest BCUT2D eigenvalue weighted by molar-refractivity contribution is 0.0745. The number of hydrogen-bond acceptors (Lipinski definition) is 6. The Kier molecular flexibility index (Phi) is 5.59. The van der Waals surface area contributed by atoms with Crippen LogP contribution in [-0.4, -0.2) is 60.3 Å². The zero-order chi connectivity index (χ0) is 21.3. The van der Waals surface area contributed by atoms with Gasteiger partial charge in [0.05, 0.1) is 35.9 Å². The maximum Gasteiger partial charge on any atom is 0.261 e. The Balaban J connectivity index is 1.47. The fourth-order valence-electron chi connectivity index (χ4n) is 3.87. The van der Waals surface area contributed by atoms with Gasteiger partial charge in [-0.15, -0.1) is 0 Å². The fourth-order valence-corrected chi connectivity index (χ4v) is 3.87. The summed E-state index contributed by atoms with van der Waals surface area (Å²) >= 11 is 0. The number of carbonyl (C=O) groups excluding carboxylic acids is 1. The molecule has 0 N–H and O–H groups in total. The highest BCUT2D eigenvalue weighted by Crippen LogP contribution is 2.22. The SMILES string of the molecule is COCCn1cnc2cc(N3CCN(C(=O)c4cc(C)oc4C)CC3)ccc2c1=O. The van der Waals surface area contributed by atoms with Crippen molar-refractivity contribution in [2.24, 2.45) is 0 Å². The minimum Gasteiger partial charge on any atom is -0.466 e. The number of anilines is 1. The quantitative estimate of drug-likeness (QED) is 0.642. The molecule has 1 aliphatic heterocycles. The first-order chi connectivity index (χ1) is 14.5. The van der Waals surface area contributed by atoms with E-state index in [1.54, 1.807) is 24.1 Å². The van der Waals surface area contributed by atoms with Gasteiger partial charge in [0.2, 0.25) is 0 Å². The molecule has 0 aliphatic carbocycles. The highest BCUT2D eigenvalue weighted by atomic mass is 16.5. The highest BCUT2D eigenvalue weighted by Gasteiger charge is 2.25. The Bertz CT molecular complexity index is 1130. The van der Waals surface area contributed by atoms with Crippen molar-refractivity contribution in [1.29, 1.82) is 0 Å². The summed E-state index contributed by atoms with van der Waals surface area (Å²) in [4.78, 5) is 33.9. The third kappa shape index (κ3) is 3.82. The first-order valence-corrected chi connectivity index (χ1v) is 10.1. The maximum atomic E-state index is 12.8. The summed E-state index contributed by atoms with van der Waals surface area (Å²) in [5.41, 5.74) is 2.26. The number of furan rings is 1. The van der Waals surface area contributed by atoms with Crippen LogP contribution >= 0.6 is 0 Å². The first kappa shape index (κ1) is 20.2. The van der Waals surface area contributed by atoms with Gasteiger partial charge < -0.3 is 19.0 Å². The number of nitrogens with zero attached hydrogens (tertiary/aromatic N) is 4. The summed E-state index contributed by atoms with van der Waals surface area (Å²) in [7, 11) is 1.61. The second kappa shape index (κ2) is 8.31. The van der Waals surface area contributed by atoms with Crippen molar-refractivity contribution in [1.82, 2.24) is 14.5 Å². The monoisotopic (exact) mass is 410 g/mol. The summed E-state index contributed by atoms with van der Waals surface area (Å²) in [5.74, 6) is 1.43. The number of amides is 1. The van der Waals surface area contributed by atoms with Crippen LogP contribution in [0.1, 0.15) is 21.9 Å². The Hall–Kier alpha value is -3.13. The first-order valence-electron chi connectivity index (χ1n) is 10.1. The lowest BCUT2D eigenvalue weighted by Crippen LogP contribution is -2.48. The lowest BCUT2D eigenvalue weighted by Gasteiger charge is -2.36. The Labute approximate surface area is 174 Å². The van der Waals surface area contributed by atoms with Crippen molar-refractivity contribution in [3.05, 3.63) is 58.0 Å². The molecule has 1 fully saturated rings. The van der Waals surface area contributed by atoms with Crippen LogP contribution < -0.4 is 10.5 Å². The molecule has 8 nitrogen and oxygen atoms in total. The highest BCUT2D eigenvalue weighted by molar-refractivity contribution is 5.95. The van der Waals surface area contributed by atoms with E-state index in [0.717, 1.165) is 24.5 Å². The standard InChI is InChI=1S/C22H26N4O4/c1-15-12-19(16(2)30-15)22(28)25-8-6-24(7-9-25)17-4-5-18-20(13-17)23-14-26(21(18)27)10-11-29-3/h4-5,12-14H,6-11H2,1-3H3. The molecule has 3 heterocycles. The molecular formula is C22H26N4O4. The zero-order valence-corrected chi connectivity index (χ0v) is 17.6. The zero-order valence-electron chi connectivity index (χ0n) is 17.6. The number of piperazine rings is 1. The van der Waals surface area contributed by atoms with Gasteiger partial charge in [-0.3, -0.25) is 14.2 Å². The van der Waals surface area contributed by atoms with Gasteiger partial charge in [0.1, 0.15) is 11.5 Å². The predicted molar refractivity (Wildman–Crippen MR) is 114 cm³/mol. The second-order valence-corrected chi connectivity index (χ2v) is 7.54. The number of benzene rings is 1. The summed E-state index contributed by atoms with van der Waals surface area (Å²) in [6.45, 7) is 7.32. The number of aryl methyl sites for hydroxylation is 2. The molecule has 4 rings (SSSR count). The number of hydrogen-bond donors (Lipinski definition) is 0. The number of carbonyl (C=O) groups is 1. The van der Waals surface area contributed by atoms with E-state index < -0.39 is 0 Å². The molecule has 1 saturated heterocycles. The average molecular weight is 410 g/mol. The second-order valence-electron chi connectivity index (χ2n) is 7.54. The van der Waals surface area contributed by atoms with Crippen LogP contribution in [0.2, 0.25) is 0 Å². The Morgan fingerprint density at radius 1 is 1.17 bits per heavy atom. The smallest absolute Gasteiger partial charge is 0.261 e. The van der Waals surface area contributed by atoms with Gasteiger partial charge in [-0.25, -0.2) is 4.98 Å². The molecule has 158 valence electrons. The molecule has 8 heteroatoms. The largest absolute Gasteiger partial charge is 0.466 e. The van der Waals surface area contributed by atoms with E-state index in [9.17, 15) is 9.59 Å². The van der Waals surface area contributed by atoms with Crippen molar-refractivity contribution in [2.45, 2.75) is 20.4 Å². The van der Waals surface area contributed by atoms with Crippen molar-refractivity contribution in [2.75, 3.05) is 44.8 Å². The lowest BCUT2D eigenvalue weighted by atomic mass is 10.1. The maximum absolute atomic E-state index is 12.8. The molecule has 1 aliphatic rings. The number of fused-ring (bicyclic) bond motifs is 1. The molecule has 0 atom stereocenters. The van der Waals surface area contributed by atoms with Gasteiger partial charge >= 0.3 is 0 Å². The number of rotatable bonds is 5. The van der Waals surface area contributed by atoms with E-state index in [1.807, 2.05) is 36.9 Å². The minimum absolute atomic E-state index is 0.0146. The molecule has 3 aromatic rings. The summed E-state index contributed by atoms with van der Waals surface area (Å²) in [5, 5.41) is 0.594. The Morgan fingerprint density at radius 3 is 2.60 bits per heavy atom. The molecule has 0 unspecified atom stereocenters. The third-order valence-corrected chi connectivity index (χ3v) is 5.55. The number of aromatic nitrogens is 2. The van der Waals surface area contributed by atoms with Crippen LogP contribution in [0.4, 0.5) is 5.69 Å². The predicted octanol–water partition coefficient (Wildman–Crippen LogP) is 2.22. The molecule has 30 heavy (non-hydrogen) atoms. The third-order valence-electron chi connectivity index (χ3n) is 5.55. The van der Waals surface area contributed by atoms with Crippen LogP contribution in [0.15, 0.2) is 39.8 Å². The van der Waals surface area contributed by atoms with E-state index >= 15 is 0 Å². The van der Waals surface area contributed by atoms with Crippen LogP contribution in [0, 0.1) is 13.8 Å². The van der Waals surface area contributed by atoms with E-state index in [1.165, 1.54) is 0 Å². The van der Waals surface area contributed by atoms with Crippen molar-refractivity contribution >= 4 is 22.5 Å². The normalized spacial score (nSPS) is 14.5. The molecule has 1 aromatic carbocycles. The Morgan fingerprint density at radius 2 is 1.93 bits per heavy atom. The minimum atomic E-state index is -0.0650. The van der Waals surface area contributed by atoms with Gasteiger partial charge in [-0.2, -0.15) is 0 Å². The van der Waals surface area contributed by atoms with Crippen LogP contribution in [0.3, 0.4) is 0 Å². The molecule has 0 bridgehead atoms. The van der Waals surface area contributed by atoms with Crippen LogP contribution in [0.5, 0.6) is 0 Å². The van der Waals surface area contributed by atoms with E-state index in [-0.39, 0.29) is 11.5 Å². The summed E-state index contributed by atoms with van der Waals surface area (Å²) < 4.78 is 12.1. The average Bonchev–Trinajstić information content (AvgIpc) is 3.10. The molecule has 1 amide bonds. The fraction of sp³-hybridized carbons (Fsp3) is 0.409. The summed E-state index contributed by atoms with van der Waals surface area (Å²) in [6.07, 6.45) is 1.57. The van der Waals surface area contributed by atoms with Crippen LogP contribution in [0.25, 0.3) is 10.9 Å². The van der Waals surface area contributed by atoms with E-state index in [0.29, 0.717) is 48.5 Å². The molecular weight excluding hydrogens is 384 g/mol. The van der Waals surface area contributed by atoms with Crippen molar-refractivity contribution < 1.29 is 13.9 Å².